The molecule has 68 valence electrons. The Morgan fingerprint density at radius 1 is 1.62 bits per heavy atom. The van der Waals surface area contributed by atoms with Crippen molar-refractivity contribution in [2.75, 3.05) is 0 Å². The molecule has 0 radical (unpaired) electrons. The predicted molar refractivity (Wildman–Crippen MR) is 47.1 cm³/mol. The van der Waals surface area contributed by atoms with Crippen molar-refractivity contribution in [2.45, 2.75) is 26.4 Å². The van der Waals surface area contributed by atoms with Gasteiger partial charge in [-0.3, -0.25) is 0 Å². The molecule has 0 saturated carbocycles. The van der Waals surface area contributed by atoms with Crippen LogP contribution >= 0.6 is 0 Å². The normalized spacial score (nSPS) is 9.69. The molecule has 13 heavy (non-hydrogen) atoms. The summed E-state index contributed by atoms with van der Waals surface area (Å²) in [7, 11) is 0. The summed E-state index contributed by atoms with van der Waals surface area (Å²) in [4.78, 5) is 7.97. The number of nitriles is 1. The van der Waals surface area contributed by atoms with Crippen LogP contribution in [-0.2, 0) is 6.42 Å². The van der Waals surface area contributed by atoms with E-state index in [1.165, 1.54) is 0 Å². The molecule has 0 aromatic carbocycles. The molecule has 0 aliphatic heterocycles. The maximum absolute atomic E-state index is 8.42. The van der Waals surface area contributed by atoms with Crippen LogP contribution in [0.1, 0.15) is 19.7 Å². The average molecular weight is 177 g/mol. The number of nitrogens with zero attached hydrogens (tertiary/aromatic N) is 3. The first-order valence-corrected chi connectivity index (χ1v) is 4.08. The molecule has 0 aliphatic rings. The molecule has 0 spiro atoms. The number of hydrogen-bond acceptors (Lipinski definition) is 4. The van der Waals surface area contributed by atoms with Crippen molar-refractivity contribution in [3.63, 3.8) is 0 Å². The van der Waals surface area contributed by atoms with Crippen LogP contribution in [0.2, 0.25) is 0 Å². The van der Waals surface area contributed by atoms with Gasteiger partial charge in [0.15, 0.2) is 0 Å². The molecule has 0 aliphatic carbocycles. The van der Waals surface area contributed by atoms with E-state index in [4.69, 9.17) is 10.00 Å². The Morgan fingerprint density at radius 2 is 2.38 bits per heavy atom. The summed E-state index contributed by atoms with van der Waals surface area (Å²) in [5.74, 6) is 1.02. The molecule has 1 heterocycles. The Labute approximate surface area is 77.2 Å². The number of rotatable bonds is 3. The van der Waals surface area contributed by atoms with Crippen molar-refractivity contribution < 1.29 is 4.74 Å². The third-order valence-corrected chi connectivity index (χ3v) is 1.27. The zero-order chi connectivity index (χ0) is 9.68. The second kappa shape index (κ2) is 4.41. The summed E-state index contributed by atoms with van der Waals surface area (Å²) in [6.45, 7) is 3.85. The quantitative estimate of drug-likeness (QED) is 0.698. The molecule has 1 aromatic heterocycles. The highest BCUT2D eigenvalue weighted by Gasteiger charge is 2.01. The van der Waals surface area contributed by atoms with Crippen LogP contribution in [0.5, 0.6) is 5.88 Å². The van der Waals surface area contributed by atoms with Gasteiger partial charge in [0.2, 0.25) is 5.88 Å². The van der Waals surface area contributed by atoms with E-state index in [0.29, 0.717) is 11.7 Å². The third-order valence-electron chi connectivity index (χ3n) is 1.27. The largest absolute Gasteiger partial charge is 0.475 e. The standard InChI is InChI=1S/C9H11N3O/c1-7(2)13-9-4-6-11-8(12-9)3-5-10/h4,6-7H,3H2,1-2H3. The van der Waals surface area contributed by atoms with E-state index in [1.54, 1.807) is 12.3 Å². The fourth-order valence-electron chi connectivity index (χ4n) is 0.843. The van der Waals surface area contributed by atoms with E-state index in [-0.39, 0.29) is 12.5 Å². The van der Waals surface area contributed by atoms with Crippen molar-refractivity contribution in [1.29, 1.82) is 5.26 Å². The maximum Gasteiger partial charge on any atom is 0.216 e. The molecule has 4 heteroatoms. The molecule has 4 nitrogen and oxygen atoms in total. The third kappa shape index (κ3) is 3.08. The fourth-order valence-corrected chi connectivity index (χ4v) is 0.843. The van der Waals surface area contributed by atoms with E-state index in [9.17, 15) is 0 Å². The first-order chi connectivity index (χ1) is 6.22. The van der Waals surface area contributed by atoms with Crippen LogP contribution < -0.4 is 4.74 Å². The Morgan fingerprint density at radius 3 is 3.00 bits per heavy atom. The van der Waals surface area contributed by atoms with E-state index in [2.05, 4.69) is 9.97 Å². The Bertz CT molecular complexity index is 317. The monoisotopic (exact) mass is 177 g/mol. The zero-order valence-electron chi connectivity index (χ0n) is 7.69. The molecular weight excluding hydrogens is 166 g/mol. The van der Waals surface area contributed by atoms with Crippen LogP contribution in [0, 0.1) is 11.3 Å². The van der Waals surface area contributed by atoms with Crippen molar-refractivity contribution in [1.82, 2.24) is 9.97 Å². The fraction of sp³-hybridized carbons (Fsp3) is 0.444. The summed E-state index contributed by atoms with van der Waals surface area (Å²) in [6.07, 6.45) is 1.90. The lowest BCUT2D eigenvalue weighted by molar-refractivity contribution is 0.231. The molecule has 1 aromatic rings. The number of hydrogen-bond donors (Lipinski definition) is 0. The average Bonchev–Trinajstić information content (AvgIpc) is 2.04. The molecule has 0 bridgehead atoms. The number of aromatic nitrogens is 2. The SMILES string of the molecule is CC(C)Oc1ccnc(CC#N)n1. The van der Waals surface area contributed by atoms with E-state index >= 15 is 0 Å². The van der Waals surface area contributed by atoms with Gasteiger partial charge in [-0.15, -0.1) is 0 Å². The van der Waals surface area contributed by atoms with Gasteiger partial charge in [0.05, 0.1) is 18.6 Å². The van der Waals surface area contributed by atoms with Gasteiger partial charge in [0.1, 0.15) is 5.82 Å². The van der Waals surface area contributed by atoms with Crippen molar-refractivity contribution in [3.8, 4) is 11.9 Å². The van der Waals surface area contributed by atoms with Gasteiger partial charge < -0.3 is 4.74 Å². The summed E-state index contributed by atoms with van der Waals surface area (Å²) in [5, 5.41) is 8.42. The lowest BCUT2D eigenvalue weighted by atomic mass is 10.4. The van der Waals surface area contributed by atoms with Gasteiger partial charge in [-0.05, 0) is 13.8 Å². The van der Waals surface area contributed by atoms with Crippen molar-refractivity contribution >= 4 is 0 Å². The van der Waals surface area contributed by atoms with Gasteiger partial charge in [-0.1, -0.05) is 0 Å². The summed E-state index contributed by atoms with van der Waals surface area (Å²) < 4.78 is 5.34. The van der Waals surface area contributed by atoms with Crippen LogP contribution in [-0.4, -0.2) is 16.1 Å². The van der Waals surface area contributed by atoms with Crippen molar-refractivity contribution in [3.05, 3.63) is 18.1 Å². The highest BCUT2D eigenvalue weighted by atomic mass is 16.5. The van der Waals surface area contributed by atoms with Crippen LogP contribution in [0.3, 0.4) is 0 Å². The minimum Gasteiger partial charge on any atom is -0.475 e. The molecular formula is C9H11N3O. The van der Waals surface area contributed by atoms with Crippen LogP contribution in [0.25, 0.3) is 0 Å². The summed E-state index contributed by atoms with van der Waals surface area (Å²) in [5.41, 5.74) is 0. The summed E-state index contributed by atoms with van der Waals surface area (Å²) >= 11 is 0. The Balaban J connectivity index is 2.74. The highest BCUT2D eigenvalue weighted by Crippen LogP contribution is 2.07. The lowest BCUT2D eigenvalue weighted by Gasteiger charge is -2.07. The minimum atomic E-state index is 0.0878. The first-order valence-electron chi connectivity index (χ1n) is 4.08. The molecule has 0 N–H and O–H groups in total. The van der Waals surface area contributed by atoms with Gasteiger partial charge in [-0.2, -0.15) is 10.2 Å². The molecule has 0 unspecified atom stereocenters. The first kappa shape index (κ1) is 9.46. The topological polar surface area (TPSA) is 58.8 Å². The molecule has 0 amide bonds. The van der Waals surface area contributed by atoms with E-state index in [0.717, 1.165) is 0 Å². The van der Waals surface area contributed by atoms with Gasteiger partial charge in [0.25, 0.3) is 0 Å². The van der Waals surface area contributed by atoms with Gasteiger partial charge in [-0.25, -0.2) is 4.98 Å². The Kier molecular flexibility index (Phi) is 3.21. The molecule has 0 fully saturated rings. The molecule has 0 saturated heterocycles. The second-order valence-electron chi connectivity index (χ2n) is 2.81. The summed E-state index contributed by atoms with van der Waals surface area (Å²) in [6, 6.07) is 3.67. The van der Waals surface area contributed by atoms with E-state index in [1.807, 2.05) is 19.9 Å². The predicted octanol–water partition coefficient (Wildman–Crippen LogP) is 1.33. The molecule has 1 rings (SSSR count). The van der Waals surface area contributed by atoms with Gasteiger partial charge in [0, 0.05) is 12.3 Å². The highest BCUT2D eigenvalue weighted by molar-refractivity contribution is 5.10. The number of ether oxygens (including phenoxy) is 1. The zero-order valence-corrected chi connectivity index (χ0v) is 7.69. The van der Waals surface area contributed by atoms with Crippen LogP contribution in [0.15, 0.2) is 12.3 Å². The second-order valence-corrected chi connectivity index (χ2v) is 2.81. The minimum absolute atomic E-state index is 0.0878. The smallest absolute Gasteiger partial charge is 0.216 e. The maximum atomic E-state index is 8.42. The lowest BCUT2D eigenvalue weighted by Crippen LogP contribution is -2.08. The van der Waals surface area contributed by atoms with Gasteiger partial charge >= 0.3 is 0 Å². The molecule has 0 atom stereocenters. The van der Waals surface area contributed by atoms with Crippen molar-refractivity contribution in [2.24, 2.45) is 0 Å². The van der Waals surface area contributed by atoms with E-state index < -0.39 is 0 Å². The Hall–Kier alpha value is -1.63. The van der Waals surface area contributed by atoms with Crippen LogP contribution in [0.4, 0.5) is 0 Å².